The largest absolute Gasteiger partial charge is 0.332 e. The van der Waals surface area contributed by atoms with Gasteiger partial charge in [-0.1, -0.05) is 11.6 Å². The van der Waals surface area contributed by atoms with E-state index in [1.54, 1.807) is 23.1 Å². The fraction of sp³-hybridized carbons (Fsp3) is 0.429. The Balaban J connectivity index is 1.99. The topological polar surface area (TPSA) is 52.7 Å². The third-order valence-electron chi connectivity index (χ3n) is 3.42. The molecule has 0 aromatic heterocycles. The lowest BCUT2D eigenvalue weighted by atomic mass is 10.2. The van der Waals surface area contributed by atoms with Crippen LogP contribution in [0.2, 0.25) is 5.02 Å². The van der Waals surface area contributed by atoms with Crippen LogP contribution in [0.25, 0.3) is 0 Å². The van der Waals surface area contributed by atoms with Gasteiger partial charge in [0.15, 0.2) is 0 Å². The number of piperazine rings is 1. The van der Waals surface area contributed by atoms with E-state index in [0.717, 1.165) is 18.7 Å². The zero-order valence-electron chi connectivity index (χ0n) is 11.6. The highest BCUT2D eigenvalue weighted by Gasteiger charge is 2.25. The van der Waals surface area contributed by atoms with E-state index in [9.17, 15) is 9.59 Å². The molecule has 5 nitrogen and oxygen atoms in total. The molecule has 1 aromatic rings. The van der Waals surface area contributed by atoms with Crippen LogP contribution >= 0.6 is 11.6 Å². The summed E-state index contributed by atoms with van der Waals surface area (Å²) in [4.78, 5) is 27.8. The number of rotatable bonds is 1. The lowest BCUT2D eigenvalue weighted by Gasteiger charge is -2.31. The van der Waals surface area contributed by atoms with Gasteiger partial charge in [-0.15, -0.1) is 0 Å². The lowest BCUT2D eigenvalue weighted by Crippen LogP contribution is -2.50. The normalized spacial score (nSPS) is 16.1. The fourth-order valence-electron chi connectivity index (χ4n) is 2.10. The van der Waals surface area contributed by atoms with E-state index in [0.29, 0.717) is 23.8 Å². The van der Waals surface area contributed by atoms with Crippen molar-refractivity contribution in [2.45, 2.75) is 6.92 Å². The van der Waals surface area contributed by atoms with Crippen LogP contribution in [0.5, 0.6) is 0 Å². The van der Waals surface area contributed by atoms with E-state index in [2.05, 4.69) is 10.2 Å². The molecular formula is C14H18ClN3O2. The number of halogens is 1. The summed E-state index contributed by atoms with van der Waals surface area (Å²) in [7, 11) is 2.00. The van der Waals surface area contributed by atoms with Crippen molar-refractivity contribution in [1.82, 2.24) is 9.80 Å². The molecule has 2 rings (SSSR count). The molecule has 1 fully saturated rings. The molecule has 1 N–H and O–H groups in total. The van der Waals surface area contributed by atoms with Crippen LogP contribution in [0, 0.1) is 6.92 Å². The van der Waals surface area contributed by atoms with Gasteiger partial charge in [0.25, 0.3) is 0 Å². The van der Waals surface area contributed by atoms with Gasteiger partial charge in [-0.2, -0.15) is 0 Å². The number of nitrogens with one attached hydrogen (secondary N) is 1. The summed E-state index contributed by atoms with van der Waals surface area (Å²) in [5.41, 5.74) is 1.44. The zero-order chi connectivity index (χ0) is 14.7. The molecule has 1 heterocycles. The van der Waals surface area contributed by atoms with Crippen LogP contribution < -0.4 is 5.32 Å². The predicted molar refractivity (Wildman–Crippen MR) is 78.9 cm³/mol. The Hall–Kier alpha value is -1.59. The number of likely N-dealkylation sites (N-methyl/N-ethyl adjacent to an activating group) is 1. The Morgan fingerprint density at radius 1 is 1.20 bits per heavy atom. The van der Waals surface area contributed by atoms with Crippen LogP contribution in [0.15, 0.2) is 18.2 Å². The first-order chi connectivity index (χ1) is 9.47. The van der Waals surface area contributed by atoms with Crippen LogP contribution in [0.1, 0.15) is 5.56 Å². The number of hydrogen-bond acceptors (Lipinski definition) is 3. The van der Waals surface area contributed by atoms with Crippen molar-refractivity contribution in [2.24, 2.45) is 0 Å². The molecular weight excluding hydrogens is 278 g/mol. The summed E-state index contributed by atoms with van der Waals surface area (Å²) in [6.07, 6.45) is 0. The van der Waals surface area contributed by atoms with Gasteiger partial charge in [-0.05, 0) is 37.7 Å². The first-order valence-electron chi connectivity index (χ1n) is 6.52. The lowest BCUT2D eigenvalue weighted by molar-refractivity contribution is -0.144. The Labute approximate surface area is 123 Å². The van der Waals surface area contributed by atoms with E-state index < -0.39 is 11.8 Å². The SMILES string of the molecule is Cc1cc(Cl)ccc1NC(=O)C(=O)N1CCN(C)CC1. The maximum atomic E-state index is 12.1. The minimum Gasteiger partial charge on any atom is -0.332 e. The maximum Gasteiger partial charge on any atom is 0.313 e. The van der Waals surface area contributed by atoms with Crippen LogP contribution in [0.4, 0.5) is 5.69 Å². The van der Waals surface area contributed by atoms with Crippen LogP contribution in [-0.4, -0.2) is 54.8 Å². The molecule has 108 valence electrons. The van der Waals surface area contributed by atoms with Crippen molar-refractivity contribution >= 4 is 29.1 Å². The average Bonchev–Trinajstić information content (AvgIpc) is 2.42. The molecule has 1 aliphatic rings. The molecule has 0 atom stereocenters. The molecule has 2 amide bonds. The highest BCUT2D eigenvalue weighted by molar-refractivity contribution is 6.39. The number of aryl methyl sites for hydroxylation is 1. The highest BCUT2D eigenvalue weighted by atomic mass is 35.5. The van der Waals surface area contributed by atoms with E-state index in [-0.39, 0.29) is 0 Å². The van der Waals surface area contributed by atoms with Crippen molar-refractivity contribution < 1.29 is 9.59 Å². The average molecular weight is 296 g/mol. The molecule has 1 aliphatic heterocycles. The van der Waals surface area contributed by atoms with E-state index in [1.165, 1.54) is 0 Å². The third-order valence-corrected chi connectivity index (χ3v) is 3.66. The molecule has 0 bridgehead atoms. The summed E-state index contributed by atoms with van der Waals surface area (Å²) in [6.45, 7) is 4.59. The number of anilines is 1. The van der Waals surface area contributed by atoms with Gasteiger partial charge >= 0.3 is 11.8 Å². The zero-order valence-corrected chi connectivity index (χ0v) is 12.4. The van der Waals surface area contributed by atoms with Crippen LogP contribution in [-0.2, 0) is 9.59 Å². The van der Waals surface area contributed by atoms with Gasteiger partial charge in [-0.3, -0.25) is 9.59 Å². The number of benzene rings is 1. The number of nitrogens with zero attached hydrogens (tertiary/aromatic N) is 2. The first kappa shape index (κ1) is 14.8. The Kier molecular flexibility index (Phi) is 4.62. The van der Waals surface area contributed by atoms with Gasteiger partial charge in [0.1, 0.15) is 0 Å². The Bertz CT molecular complexity index is 525. The second-order valence-corrected chi connectivity index (χ2v) is 5.45. The van der Waals surface area contributed by atoms with Crippen molar-refractivity contribution in [1.29, 1.82) is 0 Å². The van der Waals surface area contributed by atoms with Crippen molar-refractivity contribution in [3.63, 3.8) is 0 Å². The minimum absolute atomic E-state index is 0.479. The van der Waals surface area contributed by atoms with Crippen LogP contribution in [0.3, 0.4) is 0 Å². The number of amides is 2. The van der Waals surface area contributed by atoms with Crippen molar-refractivity contribution in [3.05, 3.63) is 28.8 Å². The van der Waals surface area contributed by atoms with Gasteiger partial charge in [0.2, 0.25) is 0 Å². The van der Waals surface area contributed by atoms with Gasteiger partial charge in [0.05, 0.1) is 0 Å². The Morgan fingerprint density at radius 3 is 2.45 bits per heavy atom. The second-order valence-electron chi connectivity index (χ2n) is 5.01. The quantitative estimate of drug-likeness (QED) is 0.796. The maximum absolute atomic E-state index is 12.1. The van der Waals surface area contributed by atoms with E-state index in [1.807, 2.05) is 14.0 Å². The Morgan fingerprint density at radius 2 is 1.85 bits per heavy atom. The molecule has 6 heteroatoms. The summed E-state index contributed by atoms with van der Waals surface area (Å²) >= 11 is 5.86. The number of carbonyl (C=O) groups excluding carboxylic acids is 2. The summed E-state index contributed by atoms with van der Waals surface area (Å²) < 4.78 is 0. The van der Waals surface area contributed by atoms with Gasteiger partial charge in [-0.25, -0.2) is 0 Å². The molecule has 1 saturated heterocycles. The second kappa shape index (κ2) is 6.24. The third kappa shape index (κ3) is 3.49. The minimum atomic E-state index is -0.597. The van der Waals surface area contributed by atoms with E-state index in [4.69, 9.17) is 11.6 Å². The summed E-state index contributed by atoms with van der Waals surface area (Å²) in [5, 5.41) is 3.25. The summed E-state index contributed by atoms with van der Waals surface area (Å²) in [5.74, 6) is -1.08. The van der Waals surface area contributed by atoms with E-state index >= 15 is 0 Å². The number of carbonyl (C=O) groups is 2. The van der Waals surface area contributed by atoms with Crippen molar-refractivity contribution in [3.8, 4) is 0 Å². The standard InChI is InChI=1S/C14H18ClN3O2/c1-10-9-11(15)3-4-12(10)16-13(19)14(20)18-7-5-17(2)6-8-18/h3-4,9H,5-8H2,1-2H3,(H,16,19). The predicted octanol–water partition coefficient (Wildman–Crippen LogP) is 1.36. The van der Waals surface area contributed by atoms with Gasteiger partial charge in [0, 0.05) is 36.9 Å². The molecule has 20 heavy (non-hydrogen) atoms. The monoisotopic (exact) mass is 295 g/mol. The molecule has 0 saturated carbocycles. The molecule has 0 aliphatic carbocycles. The highest BCUT2D eigenvalue weighted by Crippen LogP contribution is 2.19. The molecule has 0 unspecified atom stereocenters. The summed E-state index contributed by atoms with van der Waals surface area (Å²) in [6, 6.07) is 5.13. The molecule has 0 radical (unpaired) electrons. The first-order valence-corrected chi connectivity index (χ1v) is 6.90. The smallest absolute Gasteiger partial charge is 0.313 e. The van der Waals surface area contributed by atoms with Gasteiger partial charge < -0.3 is 15.1 Å². The fourth-order valence-corrected chi connectivity index (χ4v) is 2.32. The van der Waals surface area contributed by atoms with Crippen molar-refractivity contribution in [2.75, 3.05) is 38.5 Å². The molecule has 1 aromatic carbocycles. The molecule has 0 spiro atoms. The number of hydrogen-bond donors (Lipinski definition) is 1.